The fraction of sp³-hybridized carbons (Fsp3) is 0.333. The molecular formula is C18H21N5O3. The van der Waals surface area contributed by atoms with Crippen molar-refractivity contribution in [2.45, 2.75) is 19.5 Å². The Bertz CT molecular complexity index is 1080. The lowest BCUT2D eigenvalue weighted by Gasteiger charge is -2.22. The maximum absolute atomic E-state index is 12.8. The number of hydrogen-bond acceptors (Lipinski definition) is 4. The number of rotatable bonds is 4. The van der Waals surface area contributed by atoms with Gasteiger partial charge in [-0.15, -0.1) is 0 Å². The van der Waals surface area contributed by atoms with Crippen molar-refractivity contribution in [3.05, 3.63) is 63.1 Å². The van der Waals surface area contributed by atoms with Gasteiger partial charge in [0.15, 0.2) is 11.2 Å². The van der Waals surface area contributed by atoms with Gasteiger partial charge >= 0.3 is 5.69 Å². The quantitative estimate of drug-likeness (QED) is 0.688. The molecule has 0 aliphatic rings. The van der Waals surface area contributed by atoms with Gasteiger partial charge in [0.25, 0.3) is 5.56 Å². The molecule has 0 N–H and O–H groups in total. The summed E-state index contributed by atoms with van der Waals surface area (Å²) in [7, 11) is 4.68. The molecule has 3 rings (SSSR count). The highest BCUT2D eigenvalue weighted by Gasteiger charge is 2.24. The zero-order valence-corrected chi connectivity index (χ0v) is 15.2. The van der Waals surface area contributed by atoms with E-state index in [9.17, 15) is 14.4 Å². The molecule has 0 saturated heterocycles. The third kappa shape index (κ3) is 2.83. The van der Waals surface area contributed by atoms with Gasteiger partial charge in [-0.1, -0.05) is 30.3 Å². The molecule has 26 heavy (non-hydrogen) atoms. The Kier molecular flexibility index (Phi) is 4.50. The smallest absolute Gasteiger partial charge is 0.332 e. The van der Waals surface area contributed by atoms with Gasteiger partial charge in [0.1, 0.15) is 6.04 Å². The standard InChI is InChI=1S/C18H21N5O3/c1-12(16(24)20(2)10-13-8-6-5-7-9-13)23-11-19-15-14(23)17(25)22(4)18(26)21(15)3/h5-9,11-12H,10H2,1-4H3. The number of carbonyl (C=O) groups is 1. The maximum Gasteiger partial charge on any atom is 0.332 e. The Morgan fingerprint density at radius 2 is 1.81 bits per heavy atom. The maximum atomic E-state index is 12.8. The van der Waals surface area contributed by atoms with E-state index in [4.69, 9.17) is 0 Å². The summed E-state index contributed by atoms with van der Waals surface area (Å²) < 4.78 is 3.85. The first-order chi connectivity index (χ1) is 12.3. The third-order valence-corrected chi connectivity index (χ3v) is 4.59. The van der Waals surface area contributed by atoms with Crippen LogP contribution in [0.25, 0.3) is 11.2 Å². The van der Waals surface area contributed by atoms with Gasteiger partial charge < -0.3 is 9.47 Å². The van der Waals surface area contributed by atoms with Crippen LogP contribution in [-0.2, 0) is 25.4 Å². The molecule has 0 bridgehead atoms. The lowest BCUT2D eigenvalue weighted by molar-refractivity contribution is -0.133. The predicted molar refractivity (Wildman–Crippen MR) is 97.8 cm³/mol. The van der Waals surface area contributed by atoms with Crippen molar-refractivity contribution >= 4 is 17.1 Å². The van der Waals surface area contributed by atoms with Gasteiger partial charge in [0, 0.05) is 27.7 Å². The number of amides is 1. The van der Waals surface area contributed by atoms with E-state index in [0.29, 0.717) is 6.54 Å². The summed E-state index contributed by atoms with van der Waals surface area (Å²) >= 11 is 0. The SMILES string of the molecule is CC(C(=O)N(C)Cc1ccccc1)n1cnc2c1c(=O)n(C)c(=O)n2C. The number of aromatic nitrogens is 4. The fourth-order valence-electron chi connectivity index (χ4n) is 3.03. The summed E-state index contributed by atoms with van der Waals surface area (Å²) in [6.45, 7) is 2.18. The Morgan fingerprint density at radius 1 is 1.15 bits per heavy atom. The molecule has 8 heteroatoms. The highest BCUT2D eigenvalue weighted by atomic mass is 16.2. The second-order valence-corrected chi connectivity index (χ2v) is 6.39. The summed E-state index contributed by atoms with van der Waals surface area (Å²) in [5.74, 6) is -0.149. The average Bonchev–Trinajstić information content (AvgIpc) is 3.09. The van der Waals surface area contributed by atoms with Crippen LogP contribution in [0.3, 0.4) is 0 Å². The topological polar surface area (TPSA) is 82.1 Å². The molecule has 0 aliphatic carbocycles. The number of likely N-dealkylation sites (N-methyl/N-ethyl adjacent to an activating group) is 1. The zero-order chi connectivity index (χ0) is 19.0. The van der Waals surface area contributed by atoms with Crippen LogP contribution in [0.1, 0.15) is 18.5 Å². The van der Waals surface area contributed by atoms with Crippen molar-refractivity contribution in [1.29, 1.82) is 0 Å². The monoisotopic (exact) mass is 355 g/mol. The van der Waals surface area contributed by atoms with E-state index >= 15 is 0 Å². The van der Waals surface area contributed by atoms with E-state index in [0.717, 1.165) is 10.1 Å². The van der Waals surface area contributed by atoms with Gasteiger partial charge in [-0.25, -0.2) is 9.78 Å². The van der Waals surface area contributed by atoms with Crippen molar-refractivity contribution in [2.75, 3.05) is 7.05 Å². The number of hydrogen-bond donors (Lipinski definition) is 0. The minimum atomic E-state index is -0.626. The van der Waals surface area contributed by atoms with Crippen LogP contribution in [-0.4, -0.2) is 36.5 Å². The molecule has 1 atom stereocenters. The van der Waals surface area contributed by atoms with E-state index in [-0.39, 0.29) is 17.1 Å². The van der Waals surface area contributed by atoms with Crippen LogP contribution >= 0.6 is 0 Å². The van der Waals surface area contributed by atoms with Crippen molar-refractivity contribution in [3.63, 3.8) is 0 Å². The van der Waals surface area contributed by atoms with Gasteiger partial charge in [-0.05, 0) is 12.5 Å². The molecule has 2 heterocycles. The van der Waals surface area contributed by atoms with Gasteiger partial charge in [0.2, 0.25) is 5.91 Å². The Balaban J connectivity index is 1.97. The third-order valence-electron chi connectivity index (χ3n) is 4.59. The van der Waals surface area contributed by atoms with Crippen LogP contribution in [0, 0.1) is 0 Å². The molecular weight excluding hydrogens is 334 g/mol. The van der Waals surface area contributed by atoms with E-state index in [1.54, 1.807) is 25.9 Å². The number of nitrogens with zero attached hydrogens (tertiary/aromatic N) is 5. The van der Waals surface area contributed by atoms with Gasteiger partial charge in [0.05, 0.1) is 6.33 Å². The number of benzene rings is 1. The fourth-order valence-corrected chi connectivity index (χ4v) is 3.03. The van der Waals surface area contributed by atoms with E-state index < -0.39 is 17.3 Å². The molecule has 0 radical (unpaired) electrons. The average molecular weight is 355 g/mol. The van der Waals surface area contributed by atoms with Gasteiger partial charge in [-0.3, -0.25) is 18.7 Å². The minimum Gasteiger partial charge on any atom is -0.340 e. The number of imidazole rings is 1. The molecule has 8 nitrogen and oxygen atoms in total. The predicted octanol–water partition coefficient (Wildman–Crippen LogP) is 0.653. The molecule has 0 aliphatic heterocycles. The Labute approximate surface area is 149 Å². The van der Waals surface area contributed by atoms with Crippen LogP contribution in [0.5, 0.6) is 0 Å². The van der Waals surface area contributed by atoms with Gasteiger partial charge in [-0.2, -0.15) is 0 Å². The molecule has 1 unspecified atom stereocenters. The lowest BCUT2D eigenvalue weighted by atomic mass is 10.2. The van der Waals surface area contributed by atoms with Crippen molar-refractivity contribution in [3.8, 4) is 0 Å². The first-order valence-electron chi connectivity index (χ1n) is 8.24. The summed E-state index contributed by atoms with van der Waals surface area (Å²) in [6, 6.07) is 9.04. The Hall–Kier alpha value is -3.16. The normalized spacial score (nSPS) is 12.3. The molecule has 1 amide bonds. The van der Waals surface area contributed by atoms with Crippen molar-refractivity contribution < 1.29 is 4.79 Å². The molecule has 0 fully saturated rings. The van der Waals surface area contributed by atoms with E-state index in [1.165, 1.54) is 22.5 Å². The Morgan fingerprint density at radius 3 is 2.46 bits per heavy atom. The molecule has 2 aromatic heterocycles. The van der Waals surface area contributed by atoms with Crippen LogP contribution in [0.15, 0.2) is 46.2 Å². The summed E-state index contributed by atoms with van der Waals surface area (Å²) in [5, 5.41) is 0. The molecule has 1 aromatic carbocycles. The number of fused-ring (bicyclic) bond motifs is 1. The second-order valence-electron chi connectivity index (χ2n) is 6.39. The summed E-state index contributed by atoms with van der Waals surface area (Å²) in [6.07, 6.45) is 1.43. The second kappa shape index (κ2) is 6.62. The zero-order valence-electron chi connectivity index (χ0n) is 15.2. The van der Waals surface area contributed by atoms with Crippen molar-refractivity contribution in [1.82, 2.24) is 23.6 Å². The highest BCUT2D eigenvalue weighted by molar-refractivity contribution is 5.82. The van der Waals surface area contributed by atoms with E-state index in [1.807, 2.05) is 30.3 Å². The number of carbonyl (C=O) groups excluding carboxylic acids is 1. The molecule has 0 saturated carbocycles. The molecule has 0 spiro atoms. The minimum absolute atomic E-state index is 0.149. The van der Waals surface area contributed by atoms with Crippen LogP contribution in [0.4, 0.5) is 0 Å². The number of aryl methyl sites for hydroxylation is 1. The summed E-state index contributed by atoms with van der Waals surface area (Å²) in [4.78, 5) is 43.2. The van der Waals surface area contributed by atoms with E-state index in [2.05, 4.69) is 4.98 Å². The summed E-state index contributed by atoms with van der Waals surface area (Å²) in [5.41, 5.74) is 0.607. The first kappa shape index (κ1) is 17.7. The molecule has 136 valence electrons. The highest BCUT2D eigenvalue weighted by Crippen LogP contribution is 2.16. The van der Waals surface area contributed by atoms with Crippen LogP contribution < -0.4 is 11.2 Å². The lowest BCUT2D eigenvalue weighted by Crippen LogP contribution is -2.38. The molecule has 3 aromatic rings. The first-order valence-corrected chi connectivity index (χ1v) is 8.24. The van der Waals surface area contributed by atoms with Crippen molar-refractivity contribution in [2.24, 2.45) is 14.1 Å². The largest absolute Gasteiger partial charge is 0.340 e. The van der Waals surface area contributed by atoms with Crippen LogP contribution in [0.2, 0.25) is 0 Å².